The number of ketones is 1. The molecule has 4 heteroatoms. The molecule has 30 heavy (non-hydrogen) atoms. The quantitative estimate of drug-likeness (QED) is 0.569. The number of hydrogen-bond donors (Lipinski definition) is 0. The van der Waals surface area contributed by atoms with Crippen LogP contribution in [0.3, 0.4) is 0 Å². The summed E-state index contributed by atoms with van der Waals surface area (Å²) in [7, 11) is 5.72. The lowest BCUT2D eigenvalue weighted by Gasteiger charge is -2.15. The highest BCUT2D eigenvalue weighted by molar-refractivity contribution is 8.06. The van der Waals surface area contributed by atoms with Crippen LogP contribution < -0.4 is 9.64 Å². The van der Waals surface area contributed by atoms with Gasteiger partial charge in [-0.1, -0.05) is 42.1 Å². The van der Waals surface area contributed by atoms with Gasteiger partial charge in [0.1, 0.15) is 5.75 Å². The Labute approximate surface area is 182 Å². The van der Waals surface area contributed by atoms with E-state index in [4.69, 9.17) is 4.74 Å². The largest absolute Gasteiger partial charge is 0.496 e. The maximum absolute atomic E-state index is 12.9. The van der Waals surface area contributed by atoms with E-state index < -0.39 is 0 Å². The third kappa shape index (κ3) is 4.01. The molecule has 0 spiro atoms. The zero-order valence-electron chi connectivity index (χ0n) is 17.7. The summed E-state index contributed by atoms with van der Waals surface area (Å²) in [4.78, 5) is 17.2. The third-order valence-electron chi connectivity index (χ3n) is 5.35. The number of thioether (sulfide) groups is 1. The normalized spacial score (nSPS) is 18.3. The summed E-state index contributed by atoms with van der Waals surface area (Å²) in [5.74, 6) is 0.989. The summed E-state index contributed by atoms with van der Waals surface area (Å²) in [6.45, 7) is 2.09. The fourth-order valence-electron chi connectivity index (χ4n) is 3.77. The summed E-state index contributed by atoms with van der Waals surface area (Å²) in [5, 5.41) is 0. The molecule has 2 aromatic carbocycles. The van der Waals surface area contributed by atoms with Crippen molar-refractivity contribution in [2.24, 2.45) is 0 Å². The van der Waals surface area contributed by atoms with Gasteiger partial charge in [-0.3, -0.25) is 4.79 Å². The van der Waals surface area contributed by atoms with Crippen LogP contribution in [0.25, 0.3) is 6.08 Å². The average molecular weight is 416 g/mol. The first-order valence-corrected chi connectivity index (χ1v) is 10.7. The molecule has 1 aliphatic heterocycles. The topological polar surface area (TPSA) is 29.5 Å². The highest BCUT2D eigenvalue weighted by Gasteiger charge is 2.26. The lowest BCUT2D eigenvalue weighted by Crippen LogP contribution is -2.08. The van der Waals surface area contributed by atoms with Gasteiger partial charge in [0.2, 0.25) is 0 Å². The van der Waals surface area contributed by atoms with Gasteiger partial charge in [-0.15, -0.1) is 0 Å². The molecule has 0 amide bonds. The number of carbonyl (C=O) groups excluding carboxylic acids is 1. The van der Waals surface area contributed by atoms with Gasteiger partial charge in [0.25, 0.3) is 0 Å². The van der Waals surface area contributed by atoms with Crippen LogP contribution in [-0.4, -0.2) is 27.0 Å². The van der Waals surface area contributed by atoms with Crippen molar-refractivity contribution in [3.63, 3.8) is 0 Å². The summed E-state index contributed by atoms with van der Waals surface area (Å²) >= 11 is 1.72. The molecule has 0 unspecified atom stereocenters. The average Bonchev–Trinajstić information content (AvgIpc) is 3.08. The number of methoxy groups -OCH3 is 1. The van der Waals surface area contributed by atoms with E-state index in [2.05, 4.69) is 48.3 Å². The standard InChI is InChI=1S/C26H25NO2S/c1-17-13-20(24-15-19-7-5-6-8-23(19)26(24)28)14-22(30-17)12-10-18-9-11-21(27(2)3)16-25(18)29-4/h5-14,16H,15H2,1-4H3/b12-10?,24-20+. The van der Waals surface area contributed by atoms with E-state index in [9.17, 15) is 4.79 Å². The summed E-state index contributed by atoms with van der Waals surface area (Å²) in [6, 6.07) is 14.1. The number of carbonyl (C=O) groups is 1. The fourth-order valence-corrected chi connectivity index (χ4v) is 4.64. The van der Waals surface area contributed by atoms with E-state index >= 15 is 0 Å². The lowest BCUT2D eigenvalue weighted by molar-refractivity contribution is 0.103. The molecule has 0 atom stereocenters. The smallest absolute Gasteiger partial charge is 0.190 e. The van der Waals surface area contributed by atoms with Crippen molar-refractivity contribution in [2.75, 3.05) is 26.1 Å². The number of anilines is 1. The Hall–Kier alpha value is -2.98. The van der Waals surface area contributed by atoms with Gasteiger partial charge in [-0.25, -0.2) is 0 Å². The van der Waals surface area contributed by atoms with Crippen molar-refractivity contribution in [1.82, 2.24) is 0 Å². The number of fused-ring (bicyclic) bond motifs is 1. The van der Waals surface area contributed by atoms with Gasteiger partial charge in [0.15, 0.2) is 5.78 Å². The Morgan fingerprint density at radius 1 is 1.07 bits per heavy atom. The van der Waals surface area contributed by atoms with Crippen LogP contribution in [0.2, 0.25) is 0 Å². The number of rotatable bonds is 4. The molecule has 1 aliphatic carbocycles. The molecule has 4 rings (SSSR count). The minimum absolute atomic E-state index is 0.150. The summed E-state index contributed by atoms with van der Waals surface area (Å²) < 4.78 is 5.58. The van der Waals surface area contributed by atoms with Crippen molar-refractivity contribution in [3.05, 3.63) is 98.3 Å². The highest BCUT2D eigenvalue weighted by atomic mass is 32.2. The molecule has 0 N–H and O–H groups in total. The maximum Gasteiger partial charge on any atom is 0.190 e. The Morgan fingerprint density at radius 3 is 2.60 bits per heavy atom. The first-order chi connectivity index (χ1) is 14.5. The first kappa shape index (κ1) is 20.3. The van der Waals surface area contributed by atoms with Crippen LogP contribution in [0.4, 0.5) is 5.69 Å². The Morgan fingerprint density at radius 2 is 1.87 bits per heavy atom. The molecule has 0 aromatic heterocycles. The summed E-state index contributed by atoms with van der Waals surface area (Å²) in [5.41, 5.74) is 5.97. The zero-order valence-corrected chi connectivity index (χ0v) is 18.5. The van der Waals surface area contributed by atoms with Gasteiger partial charge in [-0.2, -0.15) is 0 Å². The van der Waals surface area contributed by atoms with E-state index in [1.165, 1.54) is 4.91 Å². The molecule has 1 heterocycles. The number of hydrogen-bond acceptors (Lipinski definition) is 4. The van der Waals surface area contributed by atoms with E-state index in [0.29, 0.717) is 6.42 Å². The molecule has 3 nitrogen and oxygen atoms in total. The molecule has 0 saturated heterocycles. The molecule has 2 aliphatic rings. The first-order valence-electron chi connectivity index (χ1n) is 9.93. The number of ether oxygens (including phenoxy) is 1. The predicted molar refractivity (Wildman–Crippen MR) is 127 cm³/mol. The number of Topliss-reactive ketones (excluding diaryl/α,β-unsaturated/α-hetero) is 1. The van der Waals surface area contributed by atoms with Crippen LogP contribution in [0.1, 0.15) is 28.4 Å². The number of benzene rings is 2. The third-order valence-corrected chi connectivity index (χ3v) is 6.28. The van der Waals surface area contributed by atoms with Gasteiger partial charge in [-0.05, 0) is 53.3 Å². The summed E-state index contributed by atoms with van der Waals surface area (Å²) in [6.07, 6.45) is 9.11. The fraction of sp³-hybridized carbons (Fsp3) is 0.192. The SMILES string of the molecule is COc1cc(N(C)C)ccc1C=CC1=C/C(=C2\Cc3ccccc3C2=O)C=C(C)S1. The van der Waals surface area contributed by atoms with Crippen LogP contribution >= 0.6 is 11.8 Å². The number of allylic oxidation sites excluding steroid dienone is 6. The number of nitrogens with zero attached hydrogens (tertiary/aromatic N) is 1. The molecular formula is C26H25NO2S. The van der Waals surface area contributed by atoms with E-state index in [1.807, 2.05) is 44.4 Å². The van der Waals surface area contributed by atoms with Gasteiger partial charge >= 0.3 is 0 Å². The van der Waals surface area contributed by atoms with Crippen LogP contribution in [0.15, 0.2) is 81.6 Å². The molecule has 0 saturated carbocycles. The zero-order chi connectivity index (χ0) is 21.3. The van der Waals surface area contributed by atoms with Crippen molar-refractivity contribution in [3.8, 4) is 5.75 Å². The Balaban J connectivity index is 1.65. The van der Waals surface area contributed by atoms with Crippen molar-refractivity contribution in [1.29, 1.82) is 0 Å². The monoisotopic (exact) mass is 415 g/mol. The second-order valence-electron chi connectivity index (χ2n) is 7.65. The van der Waals surface area contributed by atoms with E-state index in [1.54, 1.807) is 18.9 Å². The van der Waals surface area contributed by atoms with Crippen LogP contribution in [0.5, 0.6) is 5.75 Å². The van der Waals surface area contributed by atoms with Crippen molar-refractivity contribution in [2.45, 2.75) is 13.3 Å². The predicted octanol–water partition coefficient (Wildman–Crippen LogP) is 6.04. The molecule has 2 aromatic rings. The maximum atomic E-state index is 12.9. The molecule has 152 valence electrons. The Bertz CT molecular complexity index is 1140. The molecular weight excluding hydrogens is 390 g/mol. The van der Waals surface area contributed by atoms with Crippen molar-refractivity contribution >= 4 is 29.3 Å². The highest BCUT2D eigenvalue weighted by Crippen LogP contribution is 2.38. The minimum Gasteiger partial charge on any atom is -0.496 e. The Kier molecular flexibility index (Phi) is 5.69. The second-order valence-corrected chi connectivity index (χ2v) is 8.97. The second kappa shape index (κ2) is 8.41. The molecule has 0 bridgehead atoms. The molecule has 0 radical (unpaired) electrons. The van der Waals surface area contributed by atoms with Crippen LogP contribution in [-0.2, 0) is 6.42 Å². The lowest BCUT2D eigenvalue weighted by atomic mass is 10.0. The van der Waals surface area contributed by atoms with Gasteiger partial charge in [0.05, 0.1) is 7.11 Å². The van der Waals surface area contributed by atoms with Crippen molar-refractivity contribution < 1.29 is 9.53 Å². The van der Waals surface area contributed by atoms with E-state index in [-0.39, 0.29) is 5.78 Å². The van der Waals surface area contributed by atoms with Gasteiger partial charge in [0, 0.05) is 53.9 Å². The van der Waals surface area contributed by atoms with E-state index in [0.717, 1.165) is 44.2 Å². The van der Waals surface area contributed by atoms with Crippen LogP contribution in [0, 0.1) is 0 Å². The molecule has 0 fully saturated rings. The van der Waals surface area contributed by atoms with Gasteiger partial charge < -0.3 is 9.64 Å². The minimum atomic E-state index is 0.150.